The molecule has 1 N–H and O–H groups in total. The fourth-order valence-electron chi connectivity index (χ4n) is 2.55. The summed E-state index contributed by atoms with van der Waals surface area (Å²) < 4.78 is 0. The molecule has 0 fully saturated rings. The molecule has 3 rings (SSSR count). The number of benzene rings is 1. The van der Waals surface area contributed by atoms with Gasteiger partial charge in [0.25, 0.3) is 0 Å². The Morgan fingerprint density at radius 1 is 1.33 bits per heavy atom. The lowest BCUT2D eigenvalue weighted by Gasteiger charge is -2.24. The van der Waals surface area contributed by atoms with Gasteiger partial charge in [-0.3, -0.25) is 4.90 Å². The predicted octanol–water partition coefficient (Wildman–Crippen LogP) is 3.06. The van der Waals surface area contributed by atoms with E-state index in [1.54, 1.807) is 0 Å². The van der Waals surface area contributed by atoms with Crippen LogP contribution in [-0.2, 0) is 0 Å². The Hall–Kier alpha value is -1.61. The van der Waals surface area contributed by atoms with Gasteiger partial charge in [-0.2, -0.15) is 0 Å². The van der Waals surface area contributed by atoms with E-state index in [1.807, 2.05) is 12.1 Å². The molecule has 1 aliphatic heterocycles. The van der Waals surface area contributed by atoms with E-state index in [-0.39, 0.29) is 0 Å². The Kier molecular flexibility index (Phi) is 3.15. The first-order chi connectivity index (χ1) is 8.86. The second kappa shape index (κ2) is 4.94. The van der Waals surface area contributed by atoms with Crippen LogP contribution in [0.3, 0.4) is 0 Å². The van der Waals surface area contributed by atoms with Crippen LogP contribution in [0.5, 0.6) is 0 Å². The SMILES string of the molecule is CCCN1CC=C(c2nc3ccccc3[nH]2)CC1. The standard InChI is InChI=1S/C15H19N3/c1-2-9-18-10-7-12(8-11-18)15-16-13-5-3-4-6-14(13)17-15/h3-7H,2,8-11H2,1H3,(H,16,17). The van der Waals surface area contributed by atoms with Gasteiger partial charge < -0.3 is 4.98 Å². The molecule has 0 atom stereocenters. The molecule has 0 radical (unpaired) electrons. The molecule has 18 heavy (non-hydrogen) atoms. The van der Waals surface area contributed by atoms with E-state index in [0.717, 1.165) is 36.4 Å². The minimum atomic E-state index is 1.05. The number of aromatic amines is 1. The quantitative estimate of drug-likeness (QED) is 0.895. The van der Waals surface area contributed by atoms with Crippen molar-refractivity contribution in [3.05, 3.63) is 36.2 Å². The number of hydrogen-bond acceptors (Lipinski definition) is 2. The van der Waals surface area contributed by atoms with Crippen LogP contribution >= 0.6 is 0 Å². The smallest absolute Gasteiger partial charge is 0.134 e. The number of H-pyrrole nitrogens is 1. The summed E-state index contributed by atoms with van der Waals surface area (Å²) in [6.45, 7) is 5.64. The van der Waals surface area contributed by atoms with Gasteiger partial charge in [-0.15, -0.1) is 0 Å². The first-order valence-corrected chi connectivity index (χ1v) is 6.73. The van der Waals surface area contributed by atoms with Crippen LogP contribution < -0.4 is 0 Å². The third-order valence-electron chi connectivity index (χ3n) is 3.53. The zero-order valence-corrected chi connectivity index (χ0v) is 10.8. The van der Waals surface area contributed by atoms with Crippen molar-refractivity contribution in [2.45, 2.75) is 19.8 Å². The van der Waals surface area contributed by atoms with Crippen molar-refractivity contribution in [1.29, 1.82) is 0 Å². The summed E-state index contributed by atoms with van der Waals surface area (Å²) in [5.74, 6) is 1.05. The zero-order chi connectivity index (χ0) is 12.4. The van der Waals surface area contributed by atoms with Gasteiger partial charge in [-0.1, -0.05) is 25.1 Å². The number of nitrogens with zero attached hydrogens (tertiary/aromatic N) is 2. The molecule has 3 heteroatoms. The Labute approximate surface area is 108 Å². The first kappa shape index (κ1) is 11.5. The van der Waals surface area contributed by atoms with Crippen molar-refractivity contribution in [2.75, 3.05) is 19.6 Å². The number of rotatable bonds is 3. The van der Waals surface area contributed by atoms with E-state index in [4.69, 9.17) is 0 Å². The molecule has 3 nitrogen and oxygen atoms in total. The lowest BCUT2D eigenvalue weighted by atomic mass is 10.1. The Morgan fingerprint density at radius 2 is 2.22 bits per heavy atom. The zero-order valence-electron chi connectivity index (χ0n) is 10.8. The van der Waals surface area contributed by atoms with Crippen molar-refractivity contribution < 1.29 is 0 Å². The third-order valence-corrected chi connectivity index (χ3v) is 3.53. The molecular formula is C15H19N3. The predicted molar refractivity (Wildman–Crippen MR) is 75.4 cm³/mol. The summed E-state index contributed by atoms with van der Waals surface area (Å²) >= 11 is 0. The maximum Gasteiger partial charge on any atom is 0.134 e. The number of nitrogens with one attached hydrogen (secondary N) is 1. The van der Waals surface area contributed by atoms with Gasteiger partial charge in [-0.05, 0) is 37.1 Å². The van der Waals surface area contributed by atoms with Gasteiger partial charge in [0.1, 0.15) is 5.82 Å². The number of para-hydroxylation sites is 2. The molecule has 94 valence electrons. The Bertz CT molecular complexity index is 535. The highest BCUT2D eigenvalue weighted by Crippen LogP contribution is 2.22. The average molecular weight is 241 g/mol. The van der Waals surface area contributed by atoms with E-state index in [9.17, 15) is 0 Å². The normalized spacial score (nSPS) is 17.1. The van der Waals surface area contributed by atoms with Crippen LogP contribution in [-0.4, -0.2) is 34.5 Å². The van der Waals surface area contributed by atoms with Gasteiger partial charge in [0.15, 0.2) is 0 Å². The van der Waals surface area contributed by atoms with Gasteiger partial charge >= 0.3 is 0 Å². The number of hydrogen-bond donors (Lipinski definition) is 1. The van der Waals surface area contributed by atoms with Crippen LogP contribution in [0.25, 0.3) is 16.6 Å². The molecule has 0 bridgehead atoms. The molecule has 0 aliphatic carbocycles. The fourth-order valence-corrected chi connectivity index (χ4v) is 2.55. The molecule has 1 aromatic heterocycles. The van der Waals surface area contributed by atoms with E-state index in [2.05, 4.69) is 40.0 Å². The van der Waals surface area contributed by atoms with Crippen LogP contribution in [0.1, 0.15) is 25.6 Å². The summed E-state index contributed by atoms with van der Waals surface area (Å²) in [4.78, 5) is 10.6. The number of aromatic nitrogens is 2. The lowest BCUT2D eigenvalue weighted by Crippen LogP contribution is -2.29. The topological polar surface area (TPSA) is 31.9 Å². The molecule has 1 aromatic carbocycles. The maximum absolute atomic E-state index is 4.67. The fraction of sp³-hybridized carbons (Fsp3) is 0.400. The van der Waals surface area contributed by atoms with E-state index in [1.165, 1.54) is 18.5 Å². The molecule has 0 saturated carbocycles. The van der Waals surface area contributed by atoms with Crippen LogP contribution in [0.2, 0.25) is 0 Å². The highest BCUT2D eigenvalue weighted by atomic mass is 15.1. The maximum atomic E-state index is 4.67. The second-order valence-electron chi connectivity index (χ2n) is 4.88. The highest BCUT2D eigenvalue weighted by molar-refractivity contribution is 5.78. The summed E-state index contributed by atoms with van der Waals surface area (Å²) in [5.41, 5.74) is 3.55. The average Bonchev–Trinajstić information content (AvgIpc) is 2.84. The first-order valence-electron chi connectivity index (χ1n) is 6.73. The van der Waals surface area contributed by atoms with Crippen LogP contribution in [0.15, 0.2) is 30.3 Å². The van der Waals surface area contributed by atoms with Crippen molar-refractivity contribution in [2.24, 2.45) is 0 Å². The third kappa shape index (κ3) is 2.18. The van der Waals surface area contributed by atoms with Crippen molar-refractivity contribution in [3.63, 3.8) is 0 Å². The summed E-state index contributed by atoms with van der Waals surface area (Å²) in [7, 11) is 0. The van der Waals surface area contributed by atoms with Crippen molar-refractivity contribution in [3.8, 4) is 0 Å². The van der Waals surface area contributed by atoms with E-state index in [0.29, 0.717) is 0 Å². The minimum Gasteiger partial charge on any atom is -0.338 e. The number of fused-ring (bicyclic) bond motifs is 1. The molecule has 0 spiro atoms. The van der Waals surface area contributed by atoms with Crippen LogP contribution in [0.4, 0.5) is 0 Å². The summed E-state index contributed by atoms with van der Waals surface area (Å²) in [6.07, 6.45) is 4.64. The summed E-state index contributed by atoms with van der Waals surface area (Å²) in [6, 6.07) is 8.22. The largest absolute Gasteiger partial charge is 0.338 e. The van der Waals surface area contributed by atoms with Gasteiger partial charge in [-0.25, -0.2) is 4.98 Å². The molecule has 0 amide bonds. The van der Waals surface area contributed by atoms with Crippen LogP contribution in [0, 0.1) is 0 Å². The van der Waals surface area contributed by atoms with Crippen molar-refractivity contribution in [1.82, 2.24) is 14.9 Å². The second-order valence-corrected chi connectivity index (χ2v) is 4.88. The monoisotopic (exact) mass is 241 g/mol. The number of imidazole rings is 1. The molecule has 0 saturated heterocycles. The molecular weight excluding hydrogens is 222 g/mol. The molecule has 0 unspecified atom stereocenters. The molecule has 2 heterocycles. The van der Waals surface area contributed by atoms with E-state index < -0.39 is 0 Å². The molecule has 1 aliphatic rings. The summed E-state index contributed by atoms with van der Waals surface area (Å²) in [5, 5.41) is 0. The minimum absolute atomic E-state index is 1.05. The van der Waals surface area contributed by atoms with Gasteiger partial charge in [0.05, 0.1) is 11.0 Å². The van der Waals surface area contributed by atoms with Gasteiger partial charge in [0.2, 0.25) is 0 Å². The van der Waals surface area contributed by atoms with E-state index >= 15 is 0 Å². The van der Waals surface area contributed by atoms with Crippen molar-refractivity contribution >= 4 is 16.6 Å². The van der Waals surface area contributed by atoms with Gasteiger partial charge in [0, 0.05) is 13.1 Å². The molecule has 2 aromatic rings. The Morgan fingerprint density at radius 3 is 2.94 bits per heavy atom. The lowest BCUT2D eigenvalue weighted by molar-refractivity contribution is 0.302. The highest BCUT2D eigenvalue weighted by Gasteiger charge is 2.14. The Balaban J connectivity index is 1.83.